The predicted molar refractivity (Wildman–Crippen MR) is 123 cm³/mol. The van der Waals surface area contributed by atoms with Crippen LogP contribution in [0.4, 0.5) is 10.1 Å². The van der Waals surface area contributed by atoms with Crippen LogP contribution in [0.2, 0.25) is 5.02 Å². The maximum absolute atomic E-state index is 13.2. The van der Waals surface area contributed by atoms with E-state index in [1.165, 1.54) is 16.9 Å². The van der Waals surface area contributed by atoms with Gasteiger partial charge in [0.25, 0.3) is 5.91 Å². The molecule has 1 amide bonds. The molecule has 0 saturated carbocycles. The van der Waals surface area contributed by atoms with Crippen LogP contribution in [0.5, 0.6) is 0 Å². The Labute approximate surface area is 188 Å². The van der Waals surface area contributed by atoms with Gasteiger partial charge in [0.15, 0.2) is 5.11 Å². The van der Waals surface area contributed by atoms with Crippen LogP contribution < -0.4 is 10.6 Å². The van der Waals surface area contributed by atoms with Crippen molar-refractivity contribution in [2.45, 2.75) is 13.8 Å². The Morgan fingerprint density at radius 3 is 2.35 bits per heavy atom. The number of aryl methyl sites for hydroxylation is 2. The Balaban J connectivity index is 1.52. The van der Waals surface area contributed by atoms with E-state index in [0.717, 1.165) is 11.1 Å². The molecule has 0 aliphatic rings. The highest BCUT2D eigenvalue weighted by Crippen LogP contribution is 2.22. The van der Waals surface area contributed by atoms with Crippen LogP contribution in [0.15, 0.2) is 54.6 Å². The van der Waals surface area contributed by atoms with Gasteiger partial charge in [-0.25, -0.2) is 4.39 Å². The molecule has 0 unspecified atom stereocenters. The van der Waals surface area contributed by atoms with Crippen molar-refractivity contribution in [1.82, 2.24) is 20.3 Å². The summed E-state index contributed by atoms with van der Waals surface area (Å²) in [4.78, 5) is 13.9. The second-order valence-electron chi connectivity index (χ2n) is 6.99. The molecular formula is C22H17ClFN5OS. The number of benzene rings is 3. The minimum Gasteiger partial charge on any atom is -0.332 e. The molecule has 0 fully saturated rings. The van der Waals surface area contributed by atoms with E-state index in [0.29, 0.717) is 33.0 Å². The molecule has 0 saturated heterocycles. The zero-order chi connectivity index (χ0) is 22.1. The molecule has 4 aromatic rings. The molecule has 156 valence electrons. The molecule has 0 bridgehead atoms. The fourth-order valence-electron chi connectivity index (χ4n) is 2.96. The molecule has 2 N–H and O–H groups in total. The molecule has 3 aromatic carbocycles. The lowest BCUT2D eigenvalue weighted by atomic mass is 10.1. The molecule has 0 atom stereocenters. The van der Waals surface area contributed by atoms with Crippen LogP contribution in [-0.4, -0.2) is 26.0 Å². The largest absolute Gasteiger partial charge is 0.332 e. The smallest absolute Gasteiger partial charge is 0.257 e. The number of aromatic nitrogens is 3. The van der Waals surface area contributed by atoms with Crippen molar-refractivity contribution < 1.29 is 9.18 Å². The molecule has 0 aliphatic heterocycles. The van der Waals surface area contributed by atoms with Gasteiger partial charge in [-0.3, -0.25) is 10.1 Å². The summed E-state index contributed by atoms with van der Waals surface area (Å²) in [6.45, 7) is 3.75. The lowest BCUT2D eigenvalue weighted by molar-refractivity contribution is 0.0977. The minimum absolute atomic E-state index is 0.148. The van der Waals surface area contributed by atoms with Crippen molar-refractivity contribution in [3.63, 3.8) is 0 Å². The number of carbonyl (C=O) groups excluding carboxylic acids is 1. The van der Waals surface area contributed by atoms with Crippen LogP contribution in [0, 0.1) is 19.7 Å². The van der Waals surface area contributed by atoms with Gasteiger partial charge in [0.2, 0.25) is 0 Å². The number of anilines is 1. The number of hydrogen-bond donors (Lipinski definition) is 2. The van der Waals surface area contributed by atoms with Crippen LogP contribution >= 0.6 is 23.8 Å². The van der Waals surface area contributed by atoms with Gasteiger partial charge in [-0.2, -0.15) is 4.80 Å². The van der Waals surface area contributed by atoms with E-state index < -0.39 is 0 Å². The van der Waals surface area contributed by atoms with Gasteiger partial charge in [-0.1, -0.05) is 17.7 Å². The standard InChI is InChI=1S/C22H17ClFN5OS/c1-12-3-4-14(10-17(12)23)21(30)26-22(31)25-18-11-20-19(9-13(18)2)27-29(28-20)16-7-5-15(24)6-8-16/h3-11H,1-2H3,(H2,25,26,30,31). The number of hydrogen-bond acceptors (Lipinski definition) is 4. The summed E-state index contributed by atoms with van der Waals surface area (Å²) in [6, 6.07) is 14.6. The number of fused-ring (bicyclic) bond motifs is 1. The van der Waals surface area contributed by atoms with Gasteiger partial charge in [0, 0.05) is 16.3 Å². The number of nitrogens with one attached hydrogen (secondary N) is 2. The summed E-state index contributed by atoms with van der Waals surface area (Å²) in [6.07, 6.45) is 0. The Hall–Kier alpha value is -3.36. The van der Waals surface area contributed by atoms with Gasteiger partial charge < -0.3 is 5.32 Å². The third kappa shape index (κ3) is 4.55. The third-order valence-electron chi connectivity index (χ3n) is 4.69. The molecule has 4 rings (SSSR count). The fraction of sp³-hybridized carbons (Fsp3) is 0.0909. The summed E-state index contributed by atoms with van der Waals surface area (Å²) in [5.74, 6) is -0.688. The van der Waals surface area contributed by atoms with Crippen LogP contribution in [0.1, 0.15) is 21.5 Å². The molecule has 6 nitrogen and oxygen atoms in total. The third-order valence-corrected chi connectivity index (χ3v) is 5.30. The summed E-state index contributed by atoms with van der Waals surface area (Å²) in [7, 11) is 0. The average molecular weight is 454 g/mol. The normalized spacial score (nSPS) is 10.8. The lowest BCUT2D eigenvalue weighted by Gasteiger charge is -2.12. The van der Waals surface area contributed by atoms with Crippen LogP contribution in [0.25, 0.3) is 16.7 Å². The predicted octanol–water partition coefficient (Wildman–Crippen LogP) is 4.96. The van der Waals surface area contributed by atoms with E-state index in [9.17, 15) is 9.18 Å². The maximum atomic E-state index is 13.2. The average Bonchev–Trinajstić information content (AvgIpc) is 3.13. The molecule has 31 heavy (non-hydrogen) atoms. The van der Waals surface area contributed by atoms with E-state index in [-0.39, 0.29) is 16.8 Å². The van der Waals surface area contributed by atoms with Crippen molar-refractivity contribution in [1.29, 1.82) is 0 Å². The molecule has 1 aromatic heterocycles. The molecular weight excluding hydrogens is 437 g/mol. The quantitative estimate of drug-likeness (QED) is 0.429. The lowest BCUT2D eigenvalue weighted by Crippen LogP contribution is -2.34. The number of carbonyl (C=O) groups is 1. The fourth-order valence-corrected chi connectivity index (χ4v) is 3.34. The molecule has 0 radical (unpaired) electrons. The van der Waals surface area contributed by atoms with Crippen molar-refractivity contribution in [2.75, 3.05) is 5.32 Å². The van der Waals surface area contributed by atoms with E-state index in [1.54, 1.807) is 36.4 Å². The maximum Gasteiger partial charge on any atom is 0.257 e. The number of nitrogens with zero attached hydrogens (tertiary/aromatic N) is 3. The first-order valence-electron chi connectivity index (χ1n) is 9.32. The van der Waals surface area contributed by atoms with Crippen LogP contribution in [-0.2, 0) is 0 Å². The number of rotatable bonds is 3. The Bertz CT molecular complexity index is 1320. The second-order valence-corrected chi connectivity index (χ2v) is 7.81. The zero-order valence-electron chi connectivity index (χ0n) is 16.6. The molecule has 0 spiro atoms. The second kappa shape index (κ2) is 8.41. The minimum atomic E-state index is -0.361. The Morgan fingerprint density at radius 1 is 1.00 bits per heavy atom. The van der Waals surface area contributed by atoms with E-state index >= 15 is 0 Å². The van der Waals surface area contributed by atoms with Crippen molar-refractivity contribution >= 4 is 51.6 Å². The first-order valence-corrected chi connectivity index (χ1v) is 10.1. The van der Waals surface area contributed by atoms with Gasteiger partial charge in [0.05, 0.1) is 5.69 Å². The van der Waals surface area contributed by atoms with E-state index in [2.05, 4.69) is 20.8 Å². The van der Waals surface area contributed by atoms with Crippen molar-refractivity contribution in [3.8, 4) is 5.69 Å². The van der Waals surface area contributed by atoms with E-state index in [4.69, 9.17) is 23.8 Å². The van der Waals surface area contributed by atoms with Crippen molar-refractivity contribution in [3.05, 3.63) is 82.1 Å². The van der Waals surface area contributed by atoms with E-state index in [1.807, 2.05) is 19.9 Å². The van der Waals surface area contributed by atoms with Crippen LogP contribution in [0.3, 0.4) is 0 Å². The molecule has 9 heteroatoms. The number of halogens is 2. The SMILES string of the molecule is Cc1ccc(C(=O)NC(=S)Nc2cc3nn(-c4ccc(F)cc4)nc3cc2C)cc1Cl. The summed E-state index contributed by atoms with van der Waals surface area (Å²) >= 11 is 11.4. The van der Waals surface area contributed by atoms with Gasteiger partial charge in [-0.05, 0) is 85.7 Å². The Morgan fingerprint density at radius 2 is 1.68 bits per heavy atom. The van der Waals surface area contributed by atoms with Crippen molar-refractivity contribution in [2.24, 2.45) is 0 Å². The number of thiocarbonyl (C=S) groups is 1. The molecule has 1 heterocycles. The highest BCUT2D eigenvalue weighted by atomic mass is 35.5. The number of amides is 1. The first kappa shape index (κ1) is 20.9. The topological polar surface area (TPSA) is 71.8 Å². The summed E-state index contributed by atoms with van der Waals surface area (Å²) in [5.41, 5.74) is 4.79. The molecule has 0 aliphatic carbocycles. The Kier molecular flexibility index (Phi) is 5.67. The summed E-state index contributed by atoms with van der Waals surface area (Å²) in [5, 5.41) is 15.2. The monoisotopic (exact) mass is 453 g/mol. The van der Waals surface area contributed by atoms with Gasteiger partial charge in [0.1, 0.15) is 16.9 Å². The first-order chi connectivity index (χ1) is 14.8. The zero-order valence-corrected chi connectivity index (χ0v) is 18.2. The van der Waals surface area contributed by atoms with Gasteiger partial charge in [-0.15, -0.1) is 10.2 Å². The summed E-state index contributed by atoms with van der Waals surface area (Å²) < 4.78 is 13.2. The highest BCUT2D eigenvalue weighted by Gasteiger charge is 2.12. The highest BCUT2D eigenvalue weighted by molar-refractivity contribution is 7.80. The van der Waals surface area contributed by atoms with Gasteiger partial charge >= 0.3 is 0 Å².